The van der Waals surface area contributed by atoms with E-state index in [2.05, 4.69) is 15.9 Å². The molecule has 0 bridgehead atoms. The Balaban J connectivity index is 2.58. The Bertz CT molecular complexity index is 395. The summed E-state index contributed by atoms with van der Waals surface area (Å²) in [6.45, 7) is 2.03. The van der Waals surface area contributed by atoms with Gasteiger partial charge >= 0.3 is 0 Å². The fourth-order valence-electron chi connectivity index (χ4n) is 1.73. The van der Waals surface area contributed by atoms with E-state index in [0.717, 1.165) is 17.3 Å². The van der Waals surface area contributed by atoms with Gasteiger partial charge in [-0.2, -0.15) is 0 Å². The number of nitrogens with two attached hydrogens (primary N) is 1. The smallest absolute Gasteiger partial charge is 0.138 e. The largest absolute Gasteiger partial charge is 0.327 e. The van der Waals surface area contributed by atoms with Crippen LogP contribution in [0.25, 0.3) is 0 Å². The van der Waals surface area contributed by atoms with Crippen molar-refractivity contribution in [1.29, 1.82) is 0 Å². The van der Waals surface area contributed by atoms with Crippen LogP contribution in [0, 0.1) is 5.82 Å². The molecule has 17 heavy (non-hydrogen) atoms. The van der Waals surface area contributed by atoms with Gasteiger partial charge < -0.3 is 5.73 Å². The molecule has 1 aromatic rings. The third-order valence-corrected chi connectivity index (χ3v) is 3.04. The first kappa shape index (κ1) is 14.3. The molecule has 0 saturated heterocycles. The number of rotatable bonds is 6. The highest BCUT2D eigenvalue weighted by Gasteiger charge is 2.12. The van der Waals surface area contributed by atoms with Gasteiger partial charge in [0.1, 0.15) is 11.6 Å². The average Bonchev–Trinajstić information content (AvgIpc) is 2.23. The lowest BCUT2D eigenvalue weighted by Gasteiger charge is -2.09. The maximum atomic E-state index is 13.4. The second-order valence-corrected chi connectivity index (χ2v) is 5.12. The van der Waals surface area contributed by atoms with Crippen molar-refractivity contribution in [2.45, 2.75) is 38.6 Å². The average molecular weight is 302 g/mol. The Morgan fingerprint density at radius 2 is 2.24 bits per heavy atom. The Morgan fingerprint density at radius 3 is 2.88 bits per heavy atom. The molecule has 4 heteroatoms. The van der Waals surface area contributed by atoms with Crippen LogP contribution in [0.15, 0.2) is 22.7 Å². The van der Waals surface area contributed by atoms with E-state index in [1.807, 2.05) is 6.92 Å². The third-order valence-electron chi connectivity index (χ3n) is 2.54. The van der Waals surface area contributed by atoms with Gasteiger partial charge in [0, 0.05) is 23.4 Å². The van der Waals surface area contributed by atoms with Gasteiger partial charge in [-0.3, -0.25) is 4.79 Å². The van der Waals surface area contributed by atoms with Gasteiger partial charge in [0.15, 0.2) is 0 Å². The van der Waals surface area contributed by atoms with Crippen LogP contribution in [0.4, 0.5) is 4.39 Å². The van der Waals surface area contributed by atoms with E-state index in [9.17, 15) is 9.18 Å². The lowest BCUT2D eigenvalue weighted by atomic mass is 10.0. The summed E-state index contributed by atoms with van der Waals surface area (Å²) in [4.78, 5) is 11.7. The maximum Gasteiger partial charge on any atom is 0.138 e. The van der Waals surface area contributed by atoms with Gasteiger partial charge in [0.05, 0.1) is 0 Å². The molecular weight excluding hydrogens is 285 g/mol. The van der Waals surface area contributed by atoms with Crippen molar-refractivity contribution in [2.75, 3.05) is 0 Å². The van der Waals surface area contributed by atoms with Crippen LogP contribution in [-0.2, 0) is 11.2 Å². The Kier molecular flexibility index (Phi) is 5.78. The molecule has 0 aliphatic heterocycles. The highest BCUT2D eigenvalue weighted by molar-refractivity contribution is 9.10. The van der Waals surface area contributed by atoms with E-state index in [1.165, 1.54) is 6.07 Å². The number of hydrogen-bond donors (Lipinski definition) is 1. The van der Waals surface area contributed by atoms with E-state index < -0.39 is 0 Å². The SMILES string of the molecule is CCCC(N)CC(=O)Cc1cc(Br)ccc1F. The molecule has 0 spiro atoms. The number of hydrogen-bond acceptors (Lipinski definition) is 2. The first-order valence-electron chi connectivity index (χ1n) is 5.74. The highest BCUT2D eigenvalue weighted by Crippen LogP contribution is 2.17. The zero-order valence-electron chi connectivity index (χ0n) is 9.88. The van der Waals surface area contributed by atoms with Crippen molar-refractivity contribution in [2.24, 2.45) is 5.73 Å². The van der Waals surface area contributed by atoms with Crippen LogP contribution >= 0.6 is 15.9 Å². The van der Waals surface area contributed by atoms with E-state index in [4.69, 9.17) is 5.73 Å². The van der Waals surface area contributed by atoms with Crippen LogP contribution in [0.1, 0.15) is 31.7 Å². The molecule has 1 unspecified atom stereocenters. The number of halogens is 2. The number of Topliss-reactive ketones (excluding diaryl/α,β-unsaturated/α-hetero) is 1. The molecule has 0 amide bonds. The molecule has 94 valence electrons. The van der Waals surface area contributed by atoms with Gasteiger partial charge in [0.2, 0.25) is 0 Å². The molecule has 0 fully saturated rings. The minimum absolute atomic E-state index is 0.0112. The van der Waals surface area contributed by atoms with Crippen LogP contribution in [0.3, 0.4) is 0 Å². The lowest BCUT2D eigenvalue weighted by molar-refractivity contribution is -0.118. The summed E-state index contributed by atoms with van der Waals surface area (Å²) in [5.41, 5.74) is 6.21. The summed E-state index contributed by atoms with van der Waals surface area (Å²) < 4.78 is 14.2. The van der Waals surface area contributed by atoms with E-state index in [0.29, 0.717) is 12.0 Å². The summed E-state index contributed by atoms with van der Waals surface area (Å²) in [5, 5.41) is 0. The molecule has 0 aromatic heterocycles. The topological polar surface area (TPSA) is 43.1 Å². The summed E-state index contributed by atoms with van der Waals surface area (Å²) in [6.07, 6.45) is 2.22. The predicted molar refractivity (Wildman–Crippen MR) is 70.3 cm³/mol. The van der Waals surface area contributed by atoms with E-state index in [-0.39, 0.29) is 24.1 Å². The molecule has 1 aromatic carbocycles. The fraction of sp³-hybridized carbons (Fsp3) is 0.462. The van der Waals surface area contributed by atoms with Gasteiger partial charge in [-0.25, -0.2) is 4.39 Å². The maximum absolute atomic E-state index is 13.4. The van der Waals surface area contributed by atoms with Crippen molar-refractivity contribution in [1.82, 2.24) is 0 Å². The zero-order chi connectivity index (χ0) is 12.8. The number of carbonyl (C=O) groups is 1. The van der Waals surface area contributed by atoms with Gasteiger partial charge in [-0.15, -0.1) is 0 Å². The third kappa shape index (κ3) is 4.96. The first-order chi connectivity index (χ1) is 8.02. The van der Waals surface area contributed by atoms with Crippen molar-refractivity contribution in [3.8, 4) is 0 Å². The molecule has 0 radical (unpaired) electrons. The molecule has 0 saturated carbocycles. The summed E-state index contributed by atoms with van der Waals surface area (Å²) in [6, 6.07) is 4.51. The monoisotopic (exact) mass is 301 g/mol. The van der Waals surface area contributed by atoms with E-state index >= 15 is 0 Å². The van der Waals surface area contributed by atoms with Crippen molar-refractivity contribution in [3.05, 3.63) is 34.1 Å². The highest BCUT2D eigenvalue weighted by atomic mass is 79.9. The normalized spacial score (nSPS) is 12.5. The summed E-state index contributed by atoms with van der Waals surface area (Å²) in [7, 11) is 0. The van der Waals surface area contributed by atoms with Crippen molar-refractivity contribution >= 4 is 21.7 Å². The zero-order valence-corrected chi connectivity index (χ0v) is 11.5. The van der Waals surface area contributed by atoms with Crippen LogP contribution in [0.2, 0.25) is 0 Å². The second-order valence-electron chi connectivity index (χ2n) is 4.20. The standard InChI is InChI=1S/C13H17BrFNO/c1-2-3-11(16)8-12(17)7-9-6-10(14)4-5-13(9)15/h4-6,11H,2-3,7-8,16H2,1H3. The fourth-order valence-corrected chi connectivity index (χ4v) is 2.14. The summed E-state index contributed by atoms with van der Waals surface area (Å²) in [5.74, 6) is -0.353. The minimum atomic E-state index is -0.342. The lowest BCUT2D eigenvalue weighted by Crippen LogP contribution is -2.24. The van der Waals surface area contributed by atoms with Crippen LogP contribution in [0.5, 0.6) is 0 Å². The van der Waals surface area contributed by atoms with Crippen molar-refractivity contribution < 1.29 is 9.18 Å². The number of carbonyl (C=O) groups excluding carboxylic acids is 1. The quantitative estimate of drug-likeness (QED) is 0.877. The molecule has 1 atom stereocenters. The van der Waals surface area contributed by atoms with Gasteiger partial charge in [0.25, 0.3) is 0 Å². The molecule has 1 rings (SSSR count). The Morgan fingerprint density at radius 1 is 1.53 bits per heavy atom. The van der Waals surface area contributed by atoms with Crippen LogP contribution < -0.4 is 5.73 Å². The molecule has 0 aliphatic carbocycles. The minimum Gasteiger partial charge on any atom is -0.327 e. The Labute approximate surface area is 110 Å². The summed E-state index contributed by atoms with van der Waals surface area (Å²) >= 11 is 3.26. The Hall–Kier alpha value is -0.740. The number of ketones is 1. The molecule has 2 nitrogen and oxygen atoms in total. The van der Waals surface area contributed by atoms with Gasteiger partial charge in [-0.05, 0) is 30.2 Å². The first-order valence-corrected chi connectivity index (χ1v) is 6.53. The second kappa shape index (κ2) is 6.87. The van der Waals surface area contributed by atoms with Crippen LogP contribution in [-0.4, -0.2) is 11.8 Å². The predicted octanol–water partition coefficient (Wildman–Crippen LogP) is 3.22. The molecule has 2 N–H and O–H groups in total. The molecular formula is C13H17BrFNO. The van der Waals surface area contributed by atoms with Crippen molar-refractivity contribution in [3.63, 3.8) is 0 Å². The number of benzene rings is 1. The molecule has 0 heterocycles. The van der Waals surface area contributed by atoms with Gasteiger partial charge in [-0.1, -0.05) is 29.3 Å². The molecule has 0 aliphatic rings. The van der Waals surface area contributed by atoms with E-state index in [1.54, 1.807) is 12.1 Å².